The molecule has 0 atom stereocenters. The van der Waals surface area contributed by atoms with E-state index in [9.17, 15) is 13.2 Å². The van der Waals surface area contributed by atoms with Gasteiger partial charge >= 0.3 is 6.18 Å². The van der Waals surface area contributed by atoms with E-state index in [1.54, 1.807) is 19.0 Å². The fourth-order valence-electron chi connectivity index (χ4n) is 0.992. The zero-order valence-electron chi connectivity index (χ0n) is 9.46. The molecule has 0 bridgehead atoms. The van der Waals surface area contributed by atoms with Gasteiger partial charge in [0.1, 0.15) is 10.3 Å². The first-order valence-corrected chi connectivity index (χ1v) is 5.44. The van der Waals surface area contributed by atoms with Crippen molar-refractivity contribution in [1.29, 1.82) is 0 Å². The van der Waals surface area contributed by atoms with Crippen LogP contribution in [0.2, 0.25) is 10.3 Å². The van der Waals surface area contributed by atoms with Crippen LogP contribution in [0.1, 0.15) is 5.56 Å². The average molecular weight is 301 g/mol. The van der Waals surface area contributed by atoms with Crippen molar-refractivity contribution in [2.45, 2.75) is 12.6 Å². The summed E-state index contributed by atoms with van der Waals surface area (Å²) in [5, 5.41) is -0.698. The molecule has 1 heterocycles. The lowest BCUT2D eigenvalue weighted by molar-refractivity contribution is -0.127. The number of rotatable bonds is 3. The van der Waals surface area contributed by atoms with Crippen LogP contribution in [0.4, 0.5) is 19.1 Å². The molecule has 9 heteroatoms. The number of halogens is 5. The summed E-state index contributed by atoms with van der Waals surface area (Å²) in [6, 6.07) is 0. The normalized spacial score (nSPS) is 12.2. The van der Waals surface area contributed by atoms with Crippen LogP contribution in [-0.4, -0.2) is 41.5 Å². The van der Waals surface area contributed by atoms with Crippen molar-refractivity contribution in [1.82, 2.24) is 14.9 Å². The van der Waals surface area contributed by atoms with E-state index >= 15 is 0 Å². The molecule has 1 aromatic rings. The number of aromatic nitrogens is 2. The van der Waals surface area contributed by atoms with Gasteiger partial charge in [-0.05, 0) is 0 Å². The molecule has 0 N–H and O–H groups in total. The first-order chi connectivity index (χ1) is 8.19. The molecule has 0 aliphatic rings. The summed E-state index contributed by atoms with van der Waals surface area (Å²) in [5.41, 5.74) is -0.352. The monoisotopic (exact) mass is 300 g/mol. The molecule has 0 spiro atoms. The quantitative estimate of drug-likeness (QED) is 0.489. The molecule has 0 saturated carbocycles. The predicted molar refractivity (Wildman–Crippen MR) is 63.7 cm³/mol. The highest BCUT2D eigenvalue weighted by molar-refractivity contribution is 6.34. The predicted octanol–water partition coefficient (Wildman–Crippen LogP) is 3.11. The maximum absolute atomic E-state index is 12.2. The summed E-state index contributed by atoms with van der Waals surface area (Å²) in [4.78, 5) is 12.7. The fraction of sp³-hybridized carbons (Fsp3) is 0.444. The first kappa shape index (κ1) is 15.0. The van der Waals surface area contributed by atoms with Gasteiger partial charge in [0, 0.05) is 19.7 Å². The SMILES string of the molecule is CN(C)C=Nc1nc(Cl)c(CC(F)(F)F)c(Cl)n1. The highest BCUT2D eigenvalue weighted by atomic mass is 35.5. The van der Waals surface area contributed by atoms with E-state index in [1.165, 1.54) is 6.34 Å². The smallest absolute Gasteiger partial charge is 0.369 e. The molecule has 18 heavy (non-hydrogen) atoms. The van der Waals surface area contributed by atoms with Crippen LogP contribution in [0.15, 0.2) is 4.99 Å². The molecule has 0 amide bonds. The Labute approximate surface area is 111 Å². The molecule has 0 unspecified atom stereocenters. The second-order valence-corrected chi connectivity index (χ2v) is 4.30. The number of nitrogens with zero attached hydrogens (tertiary/aromatic N) is 4. The Balaban J connectivity index is 3.05. The van der Waals surface area contributed by atoms with Gasteiger partial charge in [-0.3, -0.25) is 0 Å². The third-order valence-electron chi connectivity index (χ3n) is 1.68. The van der Waals surface area contributed by atoms with Crippen LogP contribution in [-0.2, 0) is 6.42 Å². The van der Waals surface area contributed by atoms with Gasteiger partial charge in [-0.1, -0.05) is 23.2 Å². The van der Waals surface area contributed by atoms with Crippen LogP contribution >= 0.6 is 23.2 Å². The zero-order valence-corrected chi connectivity index (χ0v) is 11.0. The van der Waals surface area contributed by atoms with Gasteiger partial charge in [-0.15, -0.1) is 0 Å². The molecular weight excluding hydrogens is 292 g/mol. The van der Waals surface area contributed by atoms with E-state index in [0.717, 1.165) is 0 Å². The van der Waals surface area contributed by atoms with Crippen molar-refractivity contribution in [3.63, 3.8) is 0 Å². The third kappa shape index (κ3) is 4.66. The molecule has 100 valence electrons. The topological polar surface area (TPSA) is 41.4 Å². The van der Waals surface area contributed by atoms with Crippen molar-refractivity contribution >= 4 is 35.5 Å². The second kappa shape index (κ2) is 5.71. The molecular formula is C9H9Cl2F3N4. The molecule has 0 saturated heterocycles. The number of alkyl halides is 3. The summed E-state index contributed by atoms with van der Waals surface area (Å²) in [6.45, 7) is 0. The lowest BCUT2D eigenvalue weighted by Crippen LogP contribution is -2.13. The number of aliphatic imine (C=N–C) groups is 1. The maximum Gasteiger partial charge on any atom is 0.393 e. The Kier molecular flexibility index (Phi) is 4.75. The fourth-order valence-corrected chi connectivity index (χ4v) is 1.50. The summed E-state index contributed by atoms with van der Waals surface area (Å²) in [5.74, 6) is -0.0929. The minimum Gasteiger partial charge on any atom is -0.369 e. The highest BCUT2D eigenvalue weighted by Gasteiger charge is 2.31. The van der Waals surface area contributed by atoms with Crippen LogP contribution in [0.25, 0.3) is 0 Å². The summed E-state index contributed by atoms with van der Waals surface area (Å²) < 4.78 is 36.7. The van der Waals surface area contributed by atoms with Crippen LogP contribution in [0.5, 0.6) is 0 Å². The lowest BCUT2D eigenvalue weighted by atomic mass is 10.2. The minimum absolute atomic E-state index is 0.0929. The van der Waals surface area contributed by atoms with Gasteiger partial charge in [0.15, 0.2) is 0 Å². The van der Waals surface area contributed by atoms with Gasteiger partial charge in [0.2, 0.25) is 0 Å². The molecule has 0 aliphatic carbocycles. The molecule has 0 aromatic carbocycles. The van der Waals surface area contributed by atoms with E-state index in [2.05, 4.69) is 15.0 Å². The second-order valence-electron chi connectivity index (χ2n) is 3.58. The summed E-state index contributed by atoms with van der Waals surface area (Å²) in [6.07, 6.45) is -4.32. The summed E-state index contributed by atoms with van der Waals surface area (Å²) >= 11 is 11.3. The Hall–Kier alpha value is -1.08. The van der Waals surface area contributed by atoms with Crippen molar-refractivity contribution < 1.29 is 13.2 Å². The molecule has 0 fully saturated rings. The van der Waals surface area contributed by atoms with E-state index in [0.29, 0.717) is 0 Å². The Morgan fingerprint density at radius 2 is 1.72 bits per heavy atom. The molecule has 0 aliphatic heterocycles. The minimum atomic E-state index is -4.43. The van der Waals surface area contributed by atoms with Gasteiger partial charge in [-0.2, -0.15) is 23.1 Å². The zero-order chi connectivity index (χ0) is 13.9. The van der Waals surface area contributed by atoms with Crippen molar-refractivity contribution in [3.05, 3.63) is 15.9 Å². The Bertz CT molecular complexity index is 437. The Morgan fingerprint density at radius 1 is 1.22 bits per heavy atom. The van der Waals surface area contributed by atoms with Gasteiger partial charge in [-0.25, -0.2) is 4.99 Å². The van der Waals surface area contributed by atoms with Crippen molar-refractivity contribution in [2.75, 3.05) is 14.1 Å². The standard InChI is InChI=1S/C9H9Cl2F3N4/c1-18(2)4-15-8-16-6(10)5(7(11)17-8)3-9(12,13)14/h4H,3H2,1-2H3. The highest BCUT2D eigenvalue weighted by Crippen LogP contribution is 2.30. The van der Waals surface area contributed by atoms with E-state index in [4.69, 9.17) is 23.2 Å². The number of hydrogen-bond donors (Lipinski definition) is 0. The largest absolute Gasteiger partial charge is 0.393 e. The average Bonchev–Trinajstić information content (AvgIpc) is 2.19. The van der Waals surface area contributed by atoms with E-state index in [-0.39, 0.29) is 21.8 Å². The van der Waals surface area contributed by atoms with Crippen LogP contribution in [0.3, 0.4) is 0 Å². The van der Waals surface area contributed by atoms with Gasteiger partial charge < -0.3 is 4.90 Å². The first-order valence-electron chi connectivity index (χ1n) is 4.68. The van der Waals surface area contributed by atoms with Crippen molar-refractivity contribution in [3.8, 4) is 0 Å². The Morgan fingerprint density at radius 3 is 2.11 bits per heavy atom. The van der Waals surface area contributed by atoms with Crippen LogP contribution in [0, 0.1) is 0 Å². The molecule has 1 rings (SSSR count). The molecule has 0 radical (unpaired) electrons. The van der Waals surface area contributed by atoms with E-state index in [1.807, 2.05) is 0 Å². The van der Waals surface area contributed by atoms with Gasteiger partial charge in [0.25, 0.3) is 5.95 Å². The van der Waals surface area contributed by atoms with Crippen molar-refractivity contribution in [2.24, 2.45) is 4.99 Å². The van der Waals surface area contributed by atoms with Gasteiger partial charge in [0.05, 0.1) is 12.8 Å². The maximum atomic E-state index is 12.2. The lowest BCUT2D eigenvalue weighted by Gasteiger charge is -2.09. The van der Waals surface area contributed by atoms with E-state index < -0.39 is 12.6 Å². The molecule has 1 aromatic heterocycles. The molecule has 4 nitrogen and oxygen atoms in total. The van der Waals surface area contributed by atoms with Crippen LogP contribution < -0.4 is 0 Å². The third-order valence-corrected chi connectivity index (χ3v) is 2.30. The summed E-state index contributed by atoms with van der Waals surface area (Å²) in [7, 11) is 3.43. The number of hydrogen-bond acceptors (Lipinski definition) is 3.